The van der Waals surface area contributed by atoms with Crippen LogP contribution in [0.25, 0.3) is 0 Å². The van der Waals surface area contributed by atoms with Crippen molar-refractivity contribution in [3.05, 3.63) is 18.4 Å². The highest BCUT2D eigenvalue weighted by Gasteiger charge is 2.51. The fraction of sp³-hybridized carbons (Fsp3) is 0.700. The average molecular weight is 400 g/mol. The van der Waals surface area contributed by atoms with Crippen LogP contribution >= 0.6 is 0 Å². The molecule has 0 aromatic carbocycles. The molecule has 2 aliphatic heterocycles. The first-order valence-corrected chi connectivity index (χ1v) is 8.82. The fourth-order valence-electron chi connectivity index (χ4n) is 2.27. The fourth-order valence-corrected chi connectivity index (χ4v) is 2.27. The van der Waals surface area contributed by atoms with E-state index in [1.165, 1.54) is 20.8 Å². The summed E-state index contributed by atoms with van der Waals surface area (Å²) in [5, 5.41) is 0. The Bertz CT molecular complexity index is 1150. The number of hydrogen-bond acceptors (Lipinski definition) is 6. The van der Waals surface area contributed by atoms with Crippen LogP contribution in [-0.4, -0.2) is 65.9 Å². The van der Waals surface area contributed by atoms with Gasteiger partial charge in [-0.05, 0) is 54.5 Å². The quantitative estimate of drug-likeness (QED) is 0.711. The second-order valence-electron chi connectivity index (χ2n) is 8.41. The standard InChI is InChI=1S/C20H32BN3O4/c1-18(2,3)26-17(25)24-10-8-23(9-11-24)16-12-15(13-22-14-16)21-27-19(4,5)20(6,7)28-21/h12-14H,8-11H2,1-7H3/i8D2,9D2,10D2,11D2,12D,13D,14D. The van der Waals surface area contributed by atoms with Crippen molar-refractivity contribution in [3.63, 3.8) is 0 Å². The molecule has 2 saturated heterocycles. The summed E-state index contributed by atoms with van der Waals surface area (Å²) in [5.41, 5.74) is -4.47. The molecule has 0 aliphatic carbocycles. The van der Waals surface area contributed by atoms with E-state index in [1.54, 1.807) is 27.7 Å². The number of amides is 1. The van der Waals surface area contributed by atoms with Crippen molar-refractivity contribution in [1.29, 1.82) is 0 Å². The minimum Gasteiger partial charge on any atom is -0.444 e. The molecular weight excluding hydrogens is 357 g/mol. The first-order valence-electron chi connectivity index (χ1n) is 14.3. The number of rotatable bonds is 2. The predicted octanol–water partition coefficient (Wildman–Crippen LogP) is 2.44. The Hall–Kier alpha value is -1.80. The minimum absolute atomic E-state index is 0.0489. The van der Waals surface area contributed by atoms with Gasteiger partial charge >= 0.3 is 13.2 Å². The van der Waals surface area contributed by atoms with Crippen LogP contribution in [-0.2, 0) is 14.0 Å². The van der Waals surface area contributed by atoms with E-state index in [2.05, 4.69) is 4.98 Å². The van der Waals surface area contributed by atoms with Crippen LogP contribution in [0, 0.1) is 0 Å². The molecule has 3 rings (SSSR count). The summed E-state index contributed by atoms with van der Waals surface area (Å²) in [6.45, 7) is -3.35. The number of carbonyl (C=O) groups is 1. The molecule has 3 heterocycles. The Balaban J connectivity index is 2.28. The zero-order valence-corrected chi connectivity index (χ0v) is 17.1. The van der Waals surface area contributed by atoms with Crippen molar-refractivity contribution < 1.29 is 33.9 Å². The smallest absolute Gasteiger partial charge is 0.444 e. The molecule has 0 saturated carbocycles. The second-order valence-corrected chi connectivity index (χ2v) is 8.41. The van der Waals surface area contributed by atoms with Crippen LogP contribution in [0.3, 0.4) is 0 Å². The maximum Gasteiger partial charge on any atom is 0.496 e. The van der Waals surface area contributed by atoms with Crippen LogP contribution in [0.2, 0.25) is 0 Å². The molecular formula is C20H32BN3O4. The van der Waals surface area contributed by atoms with Gasteiger partial charge in [0, 0.05) is 37.6 Å². The van der Waals surface area contributed by atoms with E-state index in [0.29, 0.717) is 0 Å². The van der Waals surface area contributed by atoms with Gasteiger partial charge in [0.25, 0.3) is 0 Å². The highest BCUT2D eigenvalue weighted by molar-refractivity contribution is 6.62. The monoisotopic (exact) mass is 400 g/mol. The molecule has 0 radical (unpaired) electrons. The molecule has 0 unspecified atom stereocenters. The molecule has 1 amide bonds. The lowest BCUT2D eigenvalue weighted by atomic mass is 9.80. The highest BCUT2D eigenvalue weighted by atomic mass is 16.7. The molecule has 154 valence electrons. The van der Waals surface area contributed by atoms with Crippen molar-refractivity contribution in [2.24, 2.45) is 0 Å². The van der Waals surface area contributed by atoms with Crippen molar-refractivity contribution in [1.82, 2.24) is 9.88 Å². The number of aromatic nitrogens is 1. The number of piperazine rings is 1. The van der Waals surface area contributed by atoms with Crippen LogP contribution in [0.1, 0.15) is 63.5 Å². The summed E-state index contributed by atoms with van der Waals surface area (Å²) < 4.78 is 111. The Morgan fingerprint density at radius 3 is 2.29 bits per heavy atom. The summed E-state index contributed by atoms with van der Waals surface area (Å²) >= 11 is 0. The molecule has 0 atom stereocenters. The molecule has 2 fully saturated rings. The van der Waals surface area contributed by atoms with Gasteiger partial charge < -0.3 is 23.8 Å². The molecule has 0 N–H and O–H groups in total. The summed E-state index contributed by atoms with van der Waals surface area (Å²) in [4.78, 5) is 16.3. The van der Waals surface area contributed by atoms with E-state index in [1.807, 2.05) is 0 Å². The normalized spacial score (nSPS) is 34.7. The topological polar surface area (TPSA) is 64.1 Å². The first-order chi connectivity index (χ1) is 17.1. The number of ether oxygens (including phenoxy) is 1. The van der Waals surface area contributed by atoms with Gasteiger partial charge in [-0.25, -0.2) is 4.79 Å². The van der Waals surface area contributed by atoms with Gasteiger partial charge in [-0.3, -0.25) is 4.98 Å². The van der Waals surface area contributed by atoms with Crippen molar-refractivity contribution in [2.75, 3.05) is 30.9 Å². The summed E-state index contributed by atoms with van der Waals surface area (Å²) in [6.07, 6.45) is -3.29. The third-order valence-corrected chi connectivity index (χ3v) is 4.43. The van der Waals surface area contributed by atoms with Gasteiger partial charge in [0.15, 0.2) is 0 Å². The van der Waals surface area contributed by atoms with E-state index >= 15 is 0 Å². The second kappa shape index (κ2) is 7.23. The zero-order chi connectivity index (χ0) is 30.5. The number of nitrogens with zero attached hydrogens (tertiary/aromatic N) is 3. The van der Waals surface area contributed by atoms with Gasteiger partial charge in [-0.2, -0.15) is 0 Å². The van der Waals surface area contributed by atoms with Crippen LogP contribution in [0.15, 0.2) is 18.4 Å². The van der Waals surface area contributed by atoms with Gasteiger partial charge in [0.05, 0.1) is 38.1 Å². The van der Waals surface area contributed by atoms with E-state index in [9.17, 15) is 4.79 Å². The Morgan fingerprint density at radius 2 is 1.75 bits per heavy atom. The predicted molar refractivity (Wildman–Crippen MR) is 110 cm³/mol. The lowest BCUT2D eigenvalue weighted by molar-refractivity contribution is 0.00578. The van der Waals surface area contributed by atoms with Gasteiger partial charge in [-0.1, -0.05) is 0 Å². The lowest BCUT2D eigenvalue weighted by Gasteiger charge is -2.36. The Morgan fingerprint density at radius 1 is 1.18 bits per heavy atom. The first kappa shape index (κ1) is 10.8. The van der Waals surface area contributed by atoms with Crippen molar-refractivity contribution in [3.8, 4) is 0 Å². The lowest BCUT2D eigenvalue weighted by Crippen LogP contribution is -2.50. The van der Waals surface area contributed by atoms with Crippen molar-refractivity contribution in [2.45, 2.75) is 65.3 Å². The van der Waals surface area contributed by atoms with Crippen LogP contribution < -0.4 is 10.4 Å². The molecule has 1 aromatic heterocycles. The van der Waals surface area contributed by atoms with E-state index < -0.39 is 80.1 Å². The minimum atomic E-state index is -3.60. The summed E-state index contributed by atoms with van der Waals surface area (Å²) in [5.74, 6) is 0. The molecule has 0 bridgehead atoms. The van der Waals surface area contributed by atoms with E-state index in [4.69, 9.17) is 29.1 Å². The molecule has 0 spiro atoms. The number of pyridine rings is 1. The molecule has 7 nitrogen and oxygen atoms in total. The number of carbonyl (C=O) groups excluding carboxylic acids is 1. The van der Waals surface area contributed by atoms with E-state index in [-0.39, 0.29) is 15.3 Å². The summed E-state index contributed by atoms with van der Waals surface area (Å²) in [7, 11) is -1.41. The van der Waals surface area contributed by atoms with Gasteiger partial charge in [0.1, 0.15) is 5.60 Å². The van der Waals surface area contributed by atoms with Crippen molar-refractivity contribution >= 4 is 24.4 Å². The highest BCUT2D eigenvalue weighted by Crippen LogP contribution is 2.36. The number of anilines is 1. The van der Waals surface area contributed by atoms with Crippen LogP contribution in [0.5, 0.6) is 0 Å². The average Bonchev–Trinajstić information content (AvgIpc) is 2.88. The maximum absolute atomic E-state index is 12.9. The van der Waals surface area contributed by atoms with Gasteiger partial charge in [0.2, 0.25) is 0 Å². The van der Waals surface area contributed by atoms with Gasteiger partial charge in [-0.15, -0.1) is 0 Å². The Labute approximate surface area is 183 Å². The third kappa shape index (κ3) is 4.44. The van der Waals surface area contributed by atoms with E-state index in [0.717, 1.165) is 0 Å². The Kier molecular flexibility index (Phi) is 2.80. The number of hydrogen-bond donors (Lipinski definition) is 0. The zero-order valence-electron chi connectivity index (χ0n) is 28.1. The van der Waals surface area contributed by atoms with Crippen LogP contribution in [0.4, 0.5) is 10.5 Å². The third-order valence-electron chi connectivity index (χ3n) is 4.43. The molecule has 8 heteroatoms. The summed E-state index contributed by atoms with van der Waals surface area (Å²) in [6, 6.07) is -0.844. The molecule has 2 aliphatic rings. The largest absolute Gasteiger partial charge is 0.496 e. The molecule has 1 aromatic rings. The maximum atomic E-state index is 12.9. The molecule has 28 heavy (non-hydrogen) atoms. The SMILES string of the molecule is [2H]c1nc([2H])c(N2C([2H])([2H])C([2H])([2H])N(C(=O)OC(C)(C)C)C([2H])([2H])C2([2H])[2H])c([2H])c1B1OC(C)(C)C(C)(C)O1.